The number of rotatable bonds is 5. The third-order valence-corrected chi connectivity index (χ3v) is 8.21. The van der Waals surface area contributed by atoms with Crippen LogP contribution in [0.5, 0.6) is 0 Å². The molecule has 1 amide bonds. The average molecular weight is 459 g/mol. The van der Waals surface area contributed by atoms with Crippen molar-refractivity contribution < 1.29 is 14.3 Å². The van der Waals surface area contributed by atoms with Gasteiger partial charge < -0.3 is 10.1 Å². The maximum Gasteiger partial charge on any atom is 0.341 e. The number of aryl methyl sites for hydroxylation is 1. The molecule has 1 N–H and O–H groups in total. The van der Waals surface area contributed by atoms with E-state index in [1.54, 1.807) is 11.3 Å². The summed E-state index contributed by atoms with van der Waals surface area (Å²) in [5, 5.41) is 12.7. The molecule has 4 aromatic rings. The van der Waals surface area contributed by atoms with E-state index in [0.29, 0.717) is 15.7 Å². The van der Waals surface area contributed by atoms with Crippen molar-refractivity contribution in [3.63, 3.8) is 0 Å². The summed E-state index contributed by atoms with van der Waals surface area (Å²) >= 11 is 4.39. The molecule has 10 heteroatoms. The highest BCUT2D eigenvalue weighted by molar-refractivity contribution is 7.99. The molecule has 3 heterocycles. The van der Waals surface area contributed by atoms with Crippen LogP contribution in [0, 0.1) is 0 Å². The van der Waals surface area contributed by atoms with Crippen LogP contribution in [0.2, 0.25) is 0 Å². The quantitative estimate of drug-likeness (QED) is 0.352. The summed E-state index contributed by atoms with van der Waals surface area (Å²) in [6.07, 6.45) is 3.95. The van der Waals surface area contributed by atoms with E-state index in [2.05, 4.69) is 15.5 Å². The topological polar surface area (TPSA) is 85.6 Å². The van der Waals surface area contributed by atoms with Gasteiger partial charge >= 0.3 is 5.97 Å². The minimum atomic E-state index is -0.388. The summed E-state index contributed by atoms with van der Waals surface area (Å²) in [6.45, 7) is 0. The molecule has 1 aliphatic rings. The van der Waals surface area contributed by atoms with Gasteiger partial charge in [-0.15, -0.1) is 21.5 Å². The number of methoxy groups -OCH3 is 1. The molecular formula is C20H18N4O3S3. The molecule has 154 valence electrons. The highest BCUT2D eigenvalue weighted by atomic mass is 32.2. The van der Waals surface area contributed by atoms with Crippen LogP contribution in [-0.4, -0.2) is 39.3 Å². The lowest BCUT2D eigenvalue weighted by molar-refractivity contribution is -0.113. The molecule has 1 aliphatic carbocycles. The van der Waals surface area contributed by atoms with E-state index in [4.69, 9.17) is 4.74 Å². The molecule has 0 aliphatic heterocycles. The minimum absolute atomic E-state index is 0.175. The van der Waals surface area contributed by atoms with Crippen molar-refractivity contribution in [3.8, 4) is 0 Å². The number of carbonyl (C=O) groups is 2. The molecule has 5 rings (SSSR count). The Bertz CT molecular complexity index is 1270. The molecular weight excluding hydrogens is 440 g/mol. The average Bonchev–Trinajstić information content (AvgIpc) is 3.43. The standard InChI is InChI=1S/C20H18N4O3S3/c1-27-18(26)16-11-6-2-4-8-13(11)29-17(16)21-15(25)10-28-19-22-23-20-24(19)12-7-3-5-9-14(12)30-20/h3,5,7,9H,2,4,6,8,10H2,1H3,(H,21,25). The zero-order valence-electron chi connectivity index (χ0n) is 16.1. The highest BCUT2D eigenvalue weighted by Crippen LogP contribution is 2.38. The van der Waals surface area contributed by atoms with Crippen molar-refractivity contribution >= 4 is 66.5 Å². The Morgan fingerprint density at radius 1 is 1.20 bits per heavy atom. The van der Waals surface area contributed by atoms with Crippen molar-refractivity contribution in [1.82, 2.24) is 14.6 Å². The van der Waals surface area contributed by atoms with Crippen LogP contribution in [0.4, 0.5) is 5.00 Å². The van der Waals surface area contributed by atoms with Gasteiger partial charge in [0, 0.05) is 4.88 Å². The molecule has 7 nitrogen and oxygen atoms in total. The van der Waals surface area contributed by atoms with Crippen LogP contribution in [0.3, 0.4) is 0 Å². The number of ether oxygens (including phenoxy) is 1. The molecule has 0 spiro atoms. The number of para-hydroxylation sites is 1. The number of thioether (sulfide) groups is 1. The predicted octanol–water partition coefficient (Wildman–Crippen LogP) is 4.40. The minimum Gasteiger partial charge on any atom is -0.465 e. The molecule has 0 saturated carbocycles. The fourth-order valence-electron chi connectivity index (χ4n) is 3.71. The third kappa shape index (κ3) is 3.38. The molecule has 0 radical (unpaired) electrons. The molecule has 1 aromatic carbocycles. The van der Waals surface area contributed by atoms with E-state index in [9.17, 15) is 9.59 Å². The van der Waals surface area contributed by atoms with Crippen LogP contribution in [-0.2, 0) is 22.4 Å². The maximum absolute atomic E-state index is 12.7. The first-order chi connectivity index (χ1) is 14.7. The lowest BCUT2D eigenvalue weighted by Crippen LogP contribution is -2.16. The van der Waals surface area contributed by atoms with E-state index in [-0.39, 0.29) is 17.6 Å². The Hall–Kier alpha value is -2.43. The molecule has 0 saturated heterocycles. The number of aromatic nitrogens is 3. The molecule has 0 fully saturated rings. The Balaban J connectivity index is 1.36. The lowest BCUT2D eigenvalue weighted by atomic mass is 9.95. The van der Waals surface area contributed by atoms with Crippen molar-refractivity contribution in [3.05, 3.63) is 40.3 Å². The molecule has 30 heavy (non-hydrogen) atoms. The van der Waals surface area contributed by atoms with Crippen LogP contribution >= 0.6 is 34.4 Å². The number of amides is 1. The normalized spacial score (nSPS) is 13.5. The van der Waals surface area contributed by atoms with Gasteiger partial charge in [0.1, 0.15) is 5.00 Å². The Morgan fingerprint density at radius 3 is 2.90 bits per heavy atom. The number of benzene rings is 1. The van der Waals surface area contributed by atoms with Crippen LogP contribution in [0.25, 0.3) is 15.2 Å². The van der Waals surface area contributed by atoms with Gasteiger partial charge in [0.15, 0.2) is 5.16 Å². The van der Waals surface area contributed by atoms with Crippen molar-refractivity contribution in [2.75, 3.05) is 18.2 Å². The van der Waals surface area contributed by atoms with Gasteiger partial charge in [0.25, 0.3) is 0 Å². The zero-order chi connectivity index (χ0) is 20.7. The zero-order valence-corrected chi connectivity index (χ0v) is 18.6. The summed E-state index contributed by atoms with van der Waals surface area (Å²) in [5.74, 6) is -0.393. The van der Waals surface area contributed by atoms with Crippen molar-refractivity contribution in [1.29, 1.82) is 0 Å². The summed E-state index contributed by atoms with van der Waals surface area (Å²) in [5.41, 5.74) is 2.58. The van der Waals surface area contributed by atoms with E-state index >= 15 is 0 Å². The van der Waals surface area contributed by atoms with E-state index in [0.717, 1.165) is 46.4 Å². The van der Waals surface area contributed by atoms with E-state index in [1.165, 1.54) is 35.1 Å². The number of esters is 1. The van der Waals surface area contributed by atoms with Crippen LogP contribution in [0.1, 0.15) is 33.6 Å². The number of carbonyl (C=O) groups excluding carboxylic acids is 2. The number of anilines is 1. The van der Waals surface area contributed by atoms with E-state index in [1.807, 2.05) is 28.7 Å². The first-order valence-corrected chi connectivity index (χ1v) is 12.2. The number of fused-ring (bicyclic) bond motifs is 4. The van der Waals surface area contributed by atoms with Crippen LogP contribution in [0.15, 0.2) is 29.4 Å². The first kappa shape index (κ1) is 19.5. The number of hydrogen-bond donors (Lipinski definition) is 1. The van der Waals surface area contributed by atoms with Gasteiger partial charge in [-0.3, -0.25) is 9.20 Å². The summed E-state index contributed by atoms with van der Waals surface area (Å²) in [4.78, 5) is 27.0. The second kappa shape index (κ2) is 8.01. The van der Waals surface area contributed by atoms with Crippen LogP contribution < -0.4 is 5.32 Å². The Kier molecular flexibility index (Phi) is 5.21. The predicted molar refractivity (Wildman–Crippen MR) is 120 cm³/mol. The smallest absolute Gasteiger partial charge is 0.341 e. The van der Waals surface area contributed by atoms with Gasteiger partial charge in [-0.1, -0.05) is 35.2 Å². The number of thiazole rings is 1. The second-order valence-electron chi connectivity index (χ2n) is 6.91. The highest BCUT2D eigenvalue weighted by Gasteiger charge is 2.27. The van der Waals surface area contributed by atoms with Gasteiger partial charge in [0.2, 0.25) is 10.9 Å². The monoisotopic (exact) mass is 458 g/mol. The summed E-state index contributed by atoms with van der Waals surface area (Å²) in [7, 11) is 1.37. The number of hydrogen-bond acceptors (Lipinski definition) is 8. The second-order valence-corrected chi connectivity index (χ2v) is 9.97. The fourth-order valence-corrected chi connectivity index (χ4v) is 6.77. The van der Waals surface area contributed by atoms with Gasteiger partial charge in [-0.05, 0) is 43.4 Å². The molecule has 0 bridgehead atoms. The van der Waals surface area contributed by atoms with Gasteiger partial charge in [0.05, 0.1) is 28.6 Å². The van der Waals surface area contributed by atoms with Crippen molar-refractivity contribution in [2.24, 2.45) is 0 Å². The van der Waals surface area contributed by atoms with Gasteiger partial charge in [-0.2, -0.15) is 0 Å². The third-order valence-electron chi connectivity index (χ3n) is 5.06. The largest absolute Gasteiger partial charge is 0.465 e. The van der Waals surface area contributed by atoms with Crippen molar-refractivity contribution in [2.45, 2.75) is 30.8 Å². The fraction of sp³-hybridized carbons (Fsp3) is 0.300. The summed E-state index contributed by atoms with van der Waals surface area (Å²) < 4.78 is 8.07. The summed E-state index contributed by atoms with van der Waals surface area (Å²) in [6, 6.07) is 8.03. The Labute approximate surface area is 184 Å². The Morgan fingerprint density at radius 2 is 2.03 bits per heavy atom. The van der Waals surface area contributed by atoms with Gasteiger partial charge in [-0.25, -0.2) is 4.79 Å². The SMILES string of the molecule is COC(=O)c1c(NC(=O)CSc2nnc3sc4ccccc4n23)sc2c1CCCC2. The number of nitrogens with one attached hydrogen (secondary N) is 1. The van der Waals surface area contributed by atoms with E-state index < -0.39 is 0 Å². The lowest BCUT2D eigenvalue weighted by Gasteiger charge is -2.11. The number of thiophene rings is 1. The maximum atomic E-state index is 12.7. The number of nitrogens with zero attached hydrogens (tertiary/aromatic N) is 3. The molecule has 0 atom stereocenters. The first-order valence-electron chi connectivity index (χ1n) is 9.54. The molecule has 0 unspecified atom stereocenters. The molecule has 3 aromatic heterocycles.